The van der Waals surface area contributed by atoms with E-state index in [2.05, 4.69) is 15.3 Å². The Labute approximate surface area is 101 Å². The van der Waals surface area contributed by atoms with E-state index in [1.165, 1.54) is 7.11 Å². The summed E-state index contributed by atoms with van der Waals surface area (Å²) in [7, 11) is 1.44. The first-order valence-electron chi connectivity index (χ1n) is 5.91. The largest absolute Gasteiger partial charge is 0.469 e. The van der Waals surface area contributed by atoms with Crippen LogP contribution in [0.3, 0.4) is 0 Å². The van der Waals surface area contributed by atoms with Gasteiger partial charge < -0.3 is 10.1 Å². The van der Waals surface area contributed by atoms with Crippen molar-refractivity contribution in [2.45, 2.75) is 31.7 Å². The Balaban J connectivity index is 1.92. The standard InChI is InChI=1S/C12H17N3O2/c1-17-11(16)9-4-2-5-10(8-9)15-12-13-6-3-7-14-12/h3,6-7,9-10H,2,4-5,8H2,1H3,(H,13,14,15)/t9-,10+/m0/s1. The number of aromatic nitrogens is 2. The summed E-state index contributed by atoms with van der Waals surface area (Å²) in [4.78, 5) is 19.7. The molecule has 1 aliphatic rings. The molecule has 2 atom stereocenters. The van der Waals surface area contributed by atoms with E-state index in [0.717, 1.165) is 25.7 Å². The van der Waals surface area contributed by atoms with Crippen LogP contribution in [0.5, 0.6) is 0 Å². The average molecular weight is 235 g/mol. The molecule has 1 heterocycles. The second-order valence-electron chi connectivity index (χ2n) is 4.30. The number of methoxy groups -OCH3 is 1. The fraction of sp³-hybridized carbons (Fsp3) is 0.583. The molecular formula is C12H17N3O2. The molecule has 2 rings (SSSR count). The summed E-state index contributed by atoms with van der Waals surface area (Å²) in [5, 5.41) is 3.26. The van der Waals surface area contributed by atoms with Gasteiger partial charge in [-0.1, -0.05) is 6.42 Å². The third-order valence-electron chi connectivity index (χ3n) is 3.11. The van der Waals surface area contributed by atoms with Gasteiger partial charge >= 0.3 is 5.97 Å². The Morgan fingerprint density at radius 2 is 2.18 bits per heavy atom. The number of nitrogens with one attached hydrogen (secondary N) is 1. The van der Waals surface area contributed by atoms with Crippen molar-refractivity contribution in [3.63, 3.8) is 0 Å². The molecule has 1 aromatic rings. The molecular weight excluding hydrogens is 218 g/mol. The van der Waals surface area contributed by atoms with Gasteiger partial charge in [-0.25, -0.2) is 9.97 Å². The molecule has 0 amide bonds. The minimum Gasteiger partial charge on any atom is -0.469 e. The summed E-state index contributed by atoms with van der Waals surface area (Å²) in [5.74, 6) is 0.531. The van der Waals surface area contributed by atoms with E-state index in [0.29, 0.717) is 5.95 Å². The molecule has 0 bridgehead atoms. The van der Waals surface area contributed by atoms with Crippen LogP contribution in [0.1, 0.15) is 25.7 Å². The molecule has 0 radical (unpaired) electrons. The van der Waals surface area contributed by atoms with E-state index >= 15 is 0 Å². The Bertz CT molecular complexity index is 369. The van der Waals surface area contributed by atoms with Crippen LogP contribution < -0.4 is 5.32 Å². The predicted octanol–water partition coefficient (Wildman–Crippen LogP) is 1.62. The minimum atomic E-state index is -0.106. The number of anilines is 1. The van der Waals surface area contributed by atoms with E-state index in [9.17, 15) is 4.79 Å². The van der Waals surface area contributed by atoms with Gasteiger partial charge in [0.1, 0.15) is 0 Å². The molecule has 0 aliphatic heterocycles. The number of hydrogen-bond donors (Lipinski definition) is 1. The van der Waals surface area contributed by atoms with Crippen molar-refractivity contribution in [3.8, 4) is 0 Å². The maximum absolute atomic E-state index is 11.5. The van der Waals surface area contributed by atoms with Gasteiger partial charge in [0.15, 0.2) is 0 Å². The molecule has 1 fully saturated rings. The van der Waals surface area contributed by atoms with Gasteiger partial charge in [-0.05, 0) is 25.3 Å². The Morgan fingerprint density at radius 1 is 1.41 bits per heavy atom. The van der Waals surface area contributed by atoms with Crippen LogP contribution >= 0.6 is 0 Å². The molecule has 1 aliphatic carbocycles. The number of hydrogen-bond acceptors (Lipinski definition) is 5. The summed E-state index contributed by atoms with van der Waals surface area (Å²) in [6, 6.07) is 2.04. The zero-order chi connectivity index (χ0) is 12.1. The van der Waals surface area contributed by atoms with E-state index in [1.807, 2.05) is 0 Å². The van der Waals surface area contributed by atoms with Gasteiger partial charge in [0, 0.05) is 18.4 Å². The van der Waals surface area contributed by atoms with Crippen LogP contribution in [-0.2, 0) is 9.53 Å². The average Bonchev–Trinajstić information content (AvgIpc) is 2.39. The Morgan fingerprint density at radius 3 is 2.88 bits per heavy atom. The summed E-state index contributed by atoms with van der Waals surface area (Å²) in [6.45, 7) is 0. The van der Waals surface area contributed by atoms with E-state index in [-0.39, 0.29) is 17.9 Å². The number of carbonyl (C=O) groups excluding carboxylic acids is 1. The zero-order valence-electron chi connectivity index (χ0n) is 9.93. The van der Waals surface area contributed by atoms with Crippen LogP contribution in [0.4, 0.5) is 5.95 Å². The smallest absolute Gasteiger partial charge is 0.308 e. The summed E-state index contributed by atoms with van der Waals surface area (Å²) < 4.78 is 4.79. The van der Waals surface area contributed by atoms with Crippen molar-refractivity contribution in [1.82, 2.24) is 9.97 Å². The second-order valence-corrected chi connectivity index (χ2v) is 4.30. The molecule has 1 saturated carbocycles. The molecule has 5 nitrogen and oxygen atoms in total. The Kier molecular flexibility index (Phi) is 3.90. The normalized spacial score (nSPS) is 24.1. The van der Waals surface area contributed by atoms with Gasteiger partial charge in [0.05, 0.1) is 13.0 Å². The van der Waals surface area contributed by atoms with Gasteiger partial charge in [-0.15, -0.1) is 0 Å². The summed E-state index contributed by atoms with van der Waals surface area (Å²) in [5.41, 5.74) is 0. The van der Waals surface area contributed by atoms with Gasteiger partial charge in [-0.3, -0.25) is 4.79 Å². The van der Waals surface area contributed by atoms with Crippen molar-refractivity contribution >= 4 is 11.9 Å². The lowest BCUT2D eigenvalue weighted by atomic mass is 9.86. The number of carbonyl (C=O) groups is 1. The maximum atomic E-state index is 11.5. The van der Waals surface area contributed by atoms with Crippen molar-refractivity contribution in [2.75, 3.05) is 12.4 Å². The molecule has 5 heteroatoms. The molecule has 17 heavy (non-hydrogen) atoms. The minimum absolute atomic E-state index is 0.00922. The molecule has 0 saturated heterocycles. The van der Waals surface area contributed by atoms with Crippen LogP contribution in [0.25, 0.3) is 0 Å². The third kappa shape index (κ3) is 3.15. The lowest BCUT2D eigenvalue weighted by Gasteiger charge is -2.27. The molecule has 1 aromatic heterocycles. The highest BCUT2D eigenvalue weighted by Gasteiger charge is 2.28. The second kappa shape index (κ2) is 5.61. The van der Waals surface area contributed by atoms with E-state index < -0.39 is 0 Å². The van der Waals surface area contributed by atoms with Crippen LogP contribution in [0, 0.1) is 5.92 Å². The summed E-state index contributed by atoms with van der Waals surface area (Å²) in [6.07, 6.45) is 7.20. The summed E-state index contributed by atoms with van der Waals surface area (Å²) >= 11 is 0. The van der Waals surface area contributed by atoms with Crippen molar-refractivity contribution < 1.29 is 9.53 Å². The van der Waals surface area contributed by atoms with Crippen molar-refractivity contribution in [2.24, 2.45) is 5.92 Å². The first-order valence-corrected chi connectivity index (χ1v) is 5.91. The molecule has 92 valence electrons. The monoisotopic (exact) mass is 235 g/mol. The lowest BCUT2D eigenvalue weighted by molar-refractivity contribution is -0.146. The lowest BCUT2D eigenvalue weighted by Crippen LogP contribution is -2.32. The van der Waals surface area contributed by atoms with Gasteiger partial charge in [0.2, 0.25) is 5.95 Å². The highest BCUT2D eigenvalue weighted by Crippen LogP contribution is 2.26. The Hall–Kier alpha value is -1.65. The first-order chi connectivity index (χ1) is 8.29. The quantitative estimate of drug-likeness (QED) is 0.806. The molecule has 1 N–H and O–H groups in total. The van der Waals surface area contributed by atoms with Gasteiger partial charge in [0.25, 0.3) is 0 Å². The molecule has 0 unspecified atom stereocenters. The number of esters is 1. The van der Waals surface area contributed by atoms with Crippen LogP contribution in [0.15, 0.2) is 18.5 Å². The predicted molar refractivity (Wildman–Crippen MR) is 63.4 cm³/mol. The maximum Gasteiger partial charge on any atom is 0.308 e. The highest BCUT2D eigenvalue weighted by atomic mass is 16.5. The van der Waals surface area contributed by atoms with Crippen LogP contribution in [-0.4, -0.2) is 29.1 Å². The topological polar surface area (TPSA) is 64.1 Å². The first kappa shape index (κ1) is 11.8. The number of rotatable bonds is 3. The molecule has 0 aromatic carbocycles. The number of nitrogens with zero attached hydrogens (tertiary/aromatic N) is 2. The highest BCUT2D eigenvalue weighted by molar-refractivity contribution is 5.72. The fourth-order valence-corrected chi connectivity index (χ4v) is 2.26. The van der Waals surface area contributed by atoms with Crippen molar-refractivity contribution in [1.29, 1.82) is 0 Å². The van der Waals surface area contributed by atoms with Crippen molar-refractivity contribution in [3.05, 3.63) is 18.5 Å². The van der Waals surface area contributed by atoms with Gasteiger partial charge in [-0.2, -0.15) is 0 Å². The van der Waals surface area contributed by atoms with E-state index in [1.54, 1.807) is 18.5 Å². The number of ether oxygens (including phenoxy) is 1. The fourth-order valence-electron chi connectivity index (χ4n) is 2.26. The molecule has 0 spiro atoms. The van der Waals surface area contributed by atoms with Crippen LogP contribution in [0.2, 0.25) is 0 Å². The SMILES string of the molecule is COC(=O)[C@H]1CCC[C@@H](Nc2ncccn2)C1. The van der Waals surface area contributed by atoms with E-state index in [4.69, 9.17) is 4.74 Å². The third-order valence-corrected chi connectivity index (χ3v) is 3.11. The zero-order valence-corrected chi connectivity index (χ0v) is 9.93.